The molecule has 0 amide bonds. The first kappa shape index (κ1) is 15.3. The Morgan fingerprint density at radius 2 is 2.05 bits per heavy atom. The SMILES string of the molecule is COc1ccccc1NC(C)(CCC(C)C)C(=O)O. The second kappa shape index (κ2) is 6.45. The molecule has 106 valence electrons. The van der Waals surface area contributed by atoms with Crippen LogP contribution in [-0.4, -0.2) is 23.7 Å². The fraction of sp³-hybridized carbons (Fsp3) is 0.533. The summed E-state index contributed by atoms with van der Waals surface area (Å²) in [5.41, 5.74) is -0.280. The van der Waals surface area contributed by atoms with Gasteiger partial charge in [-0.15, -0.1) is 0 Å². The largest absolute Gasteiger partial charge is 0.495 e. The molecule has 1 atom stereocenters. The van der Waals surface area contributed by atoms with Crippen molar-refractivity contribution in [2.75, 3.05) is 12.4 Å². The highest BCUT2D eigenvalue weighted by molar-refractivity contribution is 5.83. The minimum absolute atomic E-state index is 0.471. The van der Waals surface area contributed by atoms with Crippen molar-refractivity contribution in [1.29, 1.82) is 0 Å². The molecule has 1 aromatic carbocycles. The molecule has 2 N–H and O–H groups in total. The normalized spacial score (nSPS) is 13.9. The quantitative estimate of drug-likeness (QED) is 0.793. The maximum absolute atomic E-state index is 11.5. The van der Waals surface area contributed by atoms with Gasteiger partial charge in [-0.25, -0.2) is 4.79 Å². The zero-order chi connectivity index (χ0) is 14.5. The third kappa shape index (κ3) is 4.16. The number of para-hydroxylation sites is 2. The summed E-state index contributed by atoms with van der Waals surface area (Å²) in [4.78, 5) is 11.5. The molecular weight excluding hydrogens is 242 g/mol. The lowest BCUT2D eigenvalue weighted by molar-refractivity contribution is -0.142. The molecule has 1 unspecified atom stereocenters. The van der Waals surface area contributed by atoms with Crippen LogP contribution in [0.25, 0.3) is 0 Å². The number of hydrogen-bond donors (Lipinski definition) is 2. The Kier molecular flexibility index (Phi) is 5.21. The fourth-order valence-electron chi connectivity index (χ4n) is 1.85. The van der Waals surface area contributed by atoms with E-state index in [1.165, 1.54) is 0 Å². The summed E-state index contributed by atoms with van der Waals surface area (Å²) in [6.45, 7) is 5.89. The Morgan fingerprint density at radius 1 is 1.42 bits per heavy atom. The Morgan fingerprint density at radius 3 is 2.58 bits per heavy atom. The molecule has 0 radical (unpaired) electrons. The van der Waals surface area contributed by atoms with Crippen LogP contribution in [-0.2, 0) is 4.79 Å². The number of anilines is 1. The summed E-state index contributed by atoms with van der Waals surface area (Å²) in [6, 6.07) is 7.36. The van der Waals surface area contributed by atoms with Crippen LogP contribution in [0.1, 0.15) is 33.6 Å². The minimum atomic E-state index is -0.987. The summed E-state index contributed by atoms with van der Waals surface area (Å²) in [5.74, 6) is 0.275. The smallest absolute Gasteiger partial charge is 0.329 e. The number of carboxylic acid groups (broad SMARTS) is 1. The van der Waals surface area contributed by atoms with E-state index in [-0.39, 0.29) is 0 Å². The summed E-state index contributed by atoms with van der Waals surface area (Å²) in [6.07, 6.45) is 1.42. The van der Waals surface area contributed by atoms with E-state index in [1.807, 2.05) is 24.3 Å². The summed E-state index contributed by atoms with van der Waals surface area (Å²) < 4.78 is 5.24. The maximum Gasteiger partial charge on any atom is 0.329 e. The van der Waals surface area contributed by atoms with Gasteiger partial charge in [0, 0.05) is 0 Å². The molecular formula is C15H23NO3. The number of nitrogens with one attached hydrogen (secondary N) is 1. The first-order valence-corrected chi connectivity index (χ1v) is 6.53. The third-order valence-electron chi connectivity index (χ3n) is 3.21. The molecule has 1 aromatic rings. The lowest BCUT2D eigenvalue weighted by atomic mass is 9.91. The standard InChI is InChI=1S/C15H23NO3/c1-11(2)9-10-15(3,14(17)18)16-12-7-5-6-8-13(12)19-4/h5-8,11,16H,9-10H2,1-4H3,(H,17,18). The molecule has 19 heavy (non-hydrogen) atoms. The van der Waals surface area contributed by atoms with Crippen molar-refractivity contribution < 1.29 is 14.6 Å². The molecule has 0 aliphatic heterocycles. The molecule has 1 rings (SSSR count). The number of rotatable bonds is 7. The van der Waals surface area contributed by atoms with Crippen LogP contribution in [0, 0.1) is 5.92 Å². The Balaban J connectivity index is 2.91. The van der Waals surface area contributed by atoms with Crippen molar-refractivity contribution in [3.63, 3.8) is 0 Å². The van der Waals surface area contributed by atoms with E-state index >= 15 is 0 Å². The number of ether oxygens (including phenoxy) is 1. The molecule has 0 spiro atoms. The zero-order valence-electron chi connectivity index (χ0n) is 12.1. The van der Waals surface area contributed by atoms with Gasteiger partial charge in [-0.05, 0) is 37.8 Å². The first-order chi connectivity index (χ1) is 8.89. The van der Waals surface area contributed by atoms with Gasteiger partial charge in [0.25, 0.3) is 0 Å². The van der Waals surface area contributed by atoms with E-state index in [0.29, 0.717) is 23.8 Å². The number of methoxy groups -OCH3 is 1. The predicted octanol–water partition coefficient (Wildman–Crippen LogP) is 3.39. The molecule has 0 saturated heterocycles. The average Bonchev–Trinajstić information content (AvgIpc) is 2.37. The van der Waals surface area contributed by atoms with Crippen molar-refractivity contribution in [3.8, 4) is 5.75 Å². The monoisotopic (exact) mass is 265 g/mol. The number of aliphatic carboxylic acids is 1. The van der Waals surface area contributed by atoms with Crippen LogP contribution < -0.4 is 10.1 Å². The van der Waals surface area contributed by atoms with E-state index in [4.69, 9.17) is 4.74 Å². The van der Waals surface area contributed by atoms with Gasteiger partial charge in [-0.1, -0.05) is 26.0 Å². The molecule has 0 fully saturated rings. The van der Waals surface area contributed by atoms with Crippen LogP contribution in [0.2, 0.25) is 0 Å². The van der Waals surface area contributed by atoms with Gasteiger partial charge in [0.05, 0.1) is 12.8 Å². The van der Waals surface area contributed by atoms with Gasteiger partial charge in [0.15, 0.2) is 0 Å². The van der Waals surface area contributed by atoms with Gasteiger partial charge in [-0.3, -0.25) is 0 Å². The molecule has 0 aromatic heterocycles. The topological polar surface area (TPSA) is 58.6 Å². The highest BCUT2D eigenvalue weighted by Gasteiger charge is 2.33. The number of carboxylic acids is 1. The summed E-state index contributed by atoms with van der Waals surface area (Å²) >= 11 is 0. The van der Waals surface area contributed by atoms with E-state index in [1.54, 1.807) is 14.0 Å². The van der Waals surface area contributed by atoms with Crippen molar-refractivity contribution in [2.45, 2.75) is 39.2 Å². The molecule has 0 aliphatic rings. The van der Waals surface area contributed by atoms with E-state index in [9.17, 15) is 9.90 Å². The van der Waals surface area contributed by atoms with Gasteiger partial charge in [-0.2, -0.15) is 0 Å². The third-order valence-corrected chi connectivity index (χ3v) is 3.21. The Hall–Kier alpha value is -1.71. The minimum Gasteiger partial charge on any atom is -0.495 e. The average molecular weight is 265 g/mol. The number of hydrogen-bond acceptors (Lipinski definition) is 3. The van der Waals surface area contributed by atoms with Gasteiger partial charge in [0.1, 0.15) is 11.3 Å². The van der Waals surface area contributed by atoms with Crippen molar-refractivity contribution in [2.24, 2.45) is 5.92 Å². The highest BCUT2D eigenvalue weighted by atomic mass is 16.5. The van der Waals surface area contributed by atoms with Gasteiger partial charge < -0.3 is 15.2 Å². The second-order valence-corrected chi connectivity index (χ2v) is 5.40. The van der Waals surface area contributed by atoms with E-state index in [0.717, 1.165) is 6.42 Å². The van der Waals surface area contributed by atoms with Crippen LogP contribution >= 0.6 is 0 Å². The Labute approximate surface area is 114 Å². The molecule has 0 saturated carbocycles. The van der Waals surface area contributed by atoms with Crippen LogP contribution in [0.15, 0.2) is 24.3 Å². The molecule has 4 heteroatoms. The zero-order valence-corrected chi connectivity index (χ0v) is 12.1. The summed E-state index contributed by atoms with van der Waals surface area (Å²) in [5, 5.41) is 12.6. The van der Waals surface area contributed by atoms with E-state index < -0.39 is 11.5 Å². The summed E-state index contributed by atoms with van der Waals surface area (Å²) in [7, 11) is 1.58. The first-order valence-electron chi connectivity index (χ1n) is 6.53. The predicted molar refractivity (Wildman–Crippen MR) is 76.7 cm³/mol. The number of benzene rings is 1. The molecule has 4 nitrogen and oxygen atoms in total. The van der Waals surface area contributed by atoms with Gasteiger partial charge in [0.2, 0.25) is 0 Å². The van der Waals surface area contributed by atoms with Gasteiger partial charge >= 0.3 is 5.97 Å². The highest BCUT2D eigenvalue weighted by Crippen LogP contribution is 2.29. The Bertz CT molecular complexity index is 431. The molecule has 0 heterocycles. The lowest BCUT2D eigenvalue weighted by Gasteiger charge is -2.29. The van der Waals surface area contributed by atoms with Crippen molar-refractivity contribution in [1.82, 2.24) is 0 Å². The van der Waals surface area contributed by atoms with Crippen molar-refractivity contribution >= 4 is 11.7 Å². The lowest BCUT2D eigenvalue weighted by Crippen LogP contribution is -2.43. The van der Waals surface area contributed by atoms with Crippen molar-refractivity contribution in [3.05, 3.63) is 24.3 Å². The molecule has 0 bridgehead atoms. The van der Waals surface area contributed by atoms with Crippen LogP contribution in [0.4, 0.5) is 5.69 Å². The van der Waals surface area contributed by atoms with E-state index in [2.05, 4.69) is 19.2 Å². The fourth-order valence-corrected chi connectivity index (χ4v) is 1.85. The molecule has 0 aliphatic carbocycles. The van der Waals surface area contributed by atoms with Crippen LogP contribution in [0.5, 0.6) is 5.75 Å². The maximum atomic E-state index is 11.5. The number of carbonyl (C=O) groups is 1. The van der Waals surface area contributed by atoms with Crippen LogP contribution in [0.3, 0.4) is 0 Å². The second-order valence-electron chi connectivity index (χ2n) is 5.40.